The van der Waals surface area contributed by atoms with E-state index in [1.165, 1.54) is 0 Å². The van der Waals surface area contributed by atoms with Crippen LogP contribution in [-0.4, -0.2) is 11.9 Å². The fraction of sp³-hybridized carbons (Fsp3) is 0.0588. The first kappa shape index (κ1) is 17.4. The SMILES string of the molecule is Cl.O=NC(=NC(=O)c1ccc2c(c1)CNC=C2)Nc1ccccc1. The third-order valence-corrected chi connectivity index (χ3v) is 3.39. The van der Waals surface area contributed by atoms with E-state index in [1.807, 2.05) is 24.4 Å². The number of anilines is 1. The van der Waals surface area contributed by atoms with Gasteiger partial charge in [0.05, 0.1) is 0 Å². The second kappa shape index (κ2) is 8.03. The molecule has 7 heteroatoms. The molecule has 3 rings (SSSR count). The molecular formula is C17H15ClN4O2. The van der Waals surface area contributed by atoms with Crippen LogP contribution in [0.1, 0.15) is 21.5 Å². The Morgan fingerprint density at radius 2 is 1.92 bits per heavy atom. The van der Waals surface area contributed by atoms with E-state index in [2.05, 4.69) is 20.8 Å². The molecule has 1 aliphatic rings. The van der Waals surface area contributed by atoms with Crippen LogP contribution >= 0.6 is 12.4 Å². The largest absolute Gasteiger partial charge is 0.387 e. The van der Waals surface area contributed by atoms with Crippen LogP contribution in [0, 0.1) is 4.91 Å². The summed E-state index contributed by atoms with van der Waals surface area (Å²) >= 11 is 0. The highest BCUT2D eigenvalue weighted by Crippen LogP contribution is 2.17. The highest BCUT2D eigenvalue weighted by molar-refractivity contribution is 6.07. The van der Waals surface area contributed by atoms with Gasteiger partial charge in [-0.2, -0.15) is 4.99 Å². The molecule has 1 aliphatic heterocycles. The summed E-state index contributed by atoms with van der Waals surface area (Å²) in [7, 11) is 0. The molecule has 0 saturated carbocycles. The Hall–Kier alpha value is -2.99. The number of rotatable bonds is 2. The number of aliphatic imine (C=N–C) groups is 1. The molecule has 1 amide bonds. The molecule has 0 aromatic heterocycles. The maximum atomic E-state index is 12.2. The number of nitrogens with one attached hydrogen (secondary N) is 2. The van der Waals surface area contributed by atoms with Gasteiger partial charge in [0.25, 0.3) is 11.9 Å². The summed E-state index contributed by atoms with van der Waals surface area (Å²) in [6.45, 7) is 0.651. The number of halogens is 1. The topological polar surface area (TPSA) is 82.9 Å². The van der Waals surface area contributed by atoms with Crippen molar-refractivity contribution in [2.75, 3.05) is 5.32 Å². The molecule has 2 aromatic carbocycles. The van der Waals surface area contributed by atoms with Crippen LogP contribution in [0.15, 0.2) is 64.9 Å². The second-order valence-corrected chi connectivity index (χ2v) is 4.95. The first-order valence-electron chi connectivity index (χ1n) is 7.07. The molecule has 0 saturated heterocycles. The van der Waals surface area contributed by atoms with Gasteiger partial charge < -0.3 is 10.6 Å². The van der Waals surface area contributed by atoms with Crippen molar-refractivity contribution >= 4 is 36.0 Å². The van der Waals surface area contributed by atoms with Crippen LogP contribution in [0.3, 0.4) is 0 Å². The van der Waals surface area contributed by atoms with Gasteiger partial charge in [0.2, 0.25) is 0 Å². The number of hydrogen-bond acceptors (Lipinski definition) is 3. The minimum Gasteiger partial charge on any atom is -0.387 e. The molecule has 122 valence electrons. The van der Waals surface area contributed by atoms with E-state index in [4.69, 9.17) is 0 Å². The van der Waals surface area contributed by atoms with Gasteiger partial charge in [-0.3, -0.25) is 4.79 Å². The maximum Gasteiger partial charge on any atom is 0.280 e. The summed E-state index contributed by atoms with van der Waals surface area (Å²) in [5.74, 6) is -0.780. The quantitative estimate of drug-likeness (QED) is 0.496. The maximum absolute atomic E-state index is 12.2. The van der Waals surface area contributed by atoms with Crippen LogP contribution in [0.5, 0.6) is 0 Å². The predicted octanol–water partition coefficient (Wildman–Crippen LogP) is 3.56. The van der Waals surface area contributed by atoms with Gasteiger partial charge in [-0.1, -0.05) is 24.3 Å². The Labute approximate surface area is 145 Å². The van der Waals surface area contributed by atoms with Gasteiger partial charge >= 0.3 is 0 Å². The fourth-order valence-corrected chi connectivity index (χ4v) is 2.25. The molecule has 0 atom stereocenters. The Morgan fingerprint density at radius 1 is 1.12 bits per heavy atom. The number of nitrogens with zero attached hydrogens (tertiary/aromatic N) is 2. The first-order chi connectivity index (χ1) is 11.3. The lowest BCUT2D eigenvalue weighted by molar-refractivity contribution is 0.100. The summed E-state index contributed by atoms with van der Waals surface area (Å²) in [6.07, 6.45) is 3.80. The van der Waals surface area contributed by atoms with E-state index in [9.17, 15) is 9.70 Å². The summed E-state index contributed by atoms with van der Waals surface area (Å²) in [5.41, 5.74) is 3.11. The van der Waals surface area contributed by atoms with Crippen LogP contribution in [0.25, 0.3) is 6.08 Å². The molecule has 24 heavy (non-hydrogen) atoms. The average Bonchev–Trinajstić information content (AvgIpc) is 2.61. The van der Waals surface area contributed by atoms with E-state index < -0.39 is 5.91 Å². The van der Waals surface area contributed by atoms with Crippen molar-refractivity contribution in [1.82, 2.24) is 5.32 Å². The zero-order chi connectivity index (χ0) is 16.1. The number of para-hydroxylation sites is 1. The minimum absolute atomic E-state index is 0. The summed E-state index contributed by atoms with van der Waals surface area (Å²) in [4.78, 5) is 26.9. The number of hydrogen-bond donors (Lipinski definition) is 2. The molecule has 0 aliphatic carbocycles. The van der Waals surface area contributed by atoms with Crippen LogP contribution in [-0.2, 0) is 6.54 Å². The van der Waals surface area contributed by atoms with E-state index >= 15 is 0 Å². The number of carbonyl (C=O) groups is 1. The second-order valence-electron chi connectivity index (χ2n) is 4.95. The smallest absolute Gasteiger partial charge is 0.280 e. The molecular weight excluding hydrogens is 328 g/mol. The fourth-order valence-electron chi connectivity index (χ4n) is 2.25. The van der Waals surface area contributed by atoms with Gasteiger partial charge in [-0.05, 0) is 47.7 Å². The third-order valence-electron chi connectivity index (χ3n) is 3.39. The molecule has 1 heterocycles. The molecule has 0 bridgehead atoms. The van der Waals surface area contributed by atoms with Gasteiger partial charge in [-0.25, -0.2) is 0 Å². The van der Waals surface area contributed by atoms with E-state index in [1.54, 1.807) is 36.4 Å². The summed E-state index contributed by atoms with van der Waals surface area (Å²) in [6, 6.07) is 14.3. The lowest BCUT2D eigenvalue weighted by atomic mass is 10.0. The van der Waals surface area contributed by atoms with Crippen molar-refractivity contribution in [3.05, 3.63) is 76.3 Å². The number of carbonyl (C=O) groups excluding carboxylic acids is 1. The van der Waals surface area contributed by atoms with Crippen LogP contribution < -0.4 is 10.6 Å². The lowest BCUT2D eigenvalue weighted by Gasteiger charge is -2.12. The Kier molecular flexibility index (Phi) is 5.81. The van der Waals surface area contributed by atoms with Crippen LogP contribution in [0.4, 0.5) is 5.69 Å². The average molecular weight is 343 g/mol. The first-order valence-corrected chi connectivity index (χ1v) is 7.07. The predicted molar refractivity (Wildman–Crippen MR) is 97.2 cm³/mol. The van der Waals surface area contributed by atoms with E-state index in [0.29, 0.717) is 17.8 Å². The number of nitroso groups, excluding NO2 is 1. The van der Waals surface area contributed by atoms with Crippen molar-refractivity contribution in [2.24, 2.45) is 10.2 Å². The standard InChI is InChI=1S/C17H14N4O2.ClH/c22-16(13-7-6-12-8-9-18-11-14(12)10-13)20-17(21-23)19-15-4-2-1-3-5-15;/h1-10,18H,11H2,(H,19,20,22);1H. The summed E-state index contributed by atoms with van der Waals surface area (Å²) < 4.78 is 0. The molecule has 0 spiro atoms. The van der Waals surface area contributed by atoms with Gasteiger partial charge in [0, 0.05) is 23.0 Å². The van der Waals surface area contributed by atoms with Gasteiger partial charge in [0.15, 0.2) is 0 Å². The molecule has 6 nitrogen and oxygen atoms in total. The third kappa shape index (κ3) is 4.05. The minimum atomic E-state index is -0.514. The van der Waals surface area contributed by atoms with Gasteiger partial charge in [-0.15, -0.1) is 17.3 Å². The number of fused-ring (bicyclic) bond motifs is 1. The Bertz CT molecular complexity index is 803. The molecule has 2 aromatic rings. The van der Waals surface area contributed by atoms with E-state index in [0.717, 1.165) is 11.1 Å². The normalized spacial score (nSPS) is 12.4. The Balaban J connectivity index is 0.00000208. The molecule has 0 radical (unpaired) electrons. The van der Waals surface area contributed by atoms with Gasteiger partial charge in [0.1, 0.15) is 0 Å². The lowest BCUT2D eigenvalue weighted by Crippen LogP contribution is -2.13. The highest BCUT2D eigenvalue weighted by atomic mass is 35.5. The molecule has 0 fully saturated rings. The molecule has 2 N–H and O–H groups in total. The highest BCUT2D eigenvalue weighted by Gasteiger charge is 2.11. The zero-order valence-corrected chi connectivity index (χ0v) is 13.4. The Morgan fingerprint density at radius 3 is 2.67 bits per heavy atom. The van der Waals surface area contributed by atoms with Crippen molar-refractivity contribution in [3.8, 4) is 0 Å². The summed E-state index contributed by atoms with van der Waals surface area (Å²) in [5, 5.41) is 8.58. The monoisotopic (exact) mass is 342 g/mol. The van der Waals surface area contributed by atoms with Crippen molar-refractivity contribution in [3.63, 3.8) is 0 Å². The van der Waals surface area contributed by atoms with E-state index in [-0.39, 0.29) is 18.4 Å². The number of amides is 1. The zero-order valence-electron chi connectivity index (χ0n) is 12.6. The van der Waals surface area contributed by atoms with Crippen molar-refractivity contribution in [2.45, 2.75) is 6.54 Å². The van der Waals surface area contributed by atoms with Crippen molar-refractivity contribution < 1.29 is 4.79 Å². The van der Waals surface area contributed by atoms with Crippen molar-refractivity contribution in [1.29, 1.82) is 0 Å². The van der Waals surface area contributed by atoms with Crippen LogP contribution in [0.2, 0.25) is 0 Å². The number of benzene rings is 2. The number of guanidine groups is 1. The molecule has 0 unspecified atom stereocenters.